The first-order valence-electron chi connectivity index (χ1n) is 11.1. The molecule has 1 atom stereocenters. The number of amides is 1. The van der Waals surface area contributed by atoms with Crippen molar-refractivity contribution in [2.45, 2.75) is 45.6 Å². The van der Waals surface area contributed by atoms with E-state index in [1.54, 1.807) is 22.8 Å². The second kappa shape index (κ2) is 8.27. The number of benzene rings is 2. The Labute approximate surface area is 196 Å². The summed E-state index contributed by atoms with van der Waals surface area (Å²) < 4.78 is 15.8. The molecule has 0 radical (unpaired) electrons. The molecule has 7 heteroatoms. The number of carbonyl (C=O) groups excluding carboxylic acids is 1. The molecule has 5 nitrogen and oxygen atoms in total. The second-order valence-corrected chi connectivity index (χ2v) is 9.15. The van der Waals surface area contributed by atoms with Crippen LogP contribution in [0.1, 0.15) is 65.1 Å². The number of fused-ring (bicyclic) bond motifs is 2. The molecule has 0 aliphatic heterocycles. The zero-order valence-electron chi connectivity index (χ0n) is 18.7. The van der Waals surface area contributed by atoms with Crippen molar-refractivity contribution >= 4 is 23.2 Å². The third-order valence-electron chi connectivity index (χ3n) is 6.31. The second-order valence-electron chi connectivity index (χ2n) is 8.77. The van der Waals surface area contributed by atoms with Gasteiger partial charge in [0.05, 0.1) is 33.6 Å². The molecule has 33 heavy (non-hydrogen) atoms. The molecule has 1 aliphatic carbocycles. The van der Waals surface area contributed by atoms with Gasteiger partial charge in [0.1, 0.15) is 5.82 Å². The van der Waals surface area contributed by atoms with Crippen LogP contribution in [-0.2, 0) is 6.42 Å². The molecule has 2 aromatic heterocycles. The van der Waals surface area contributed by atoms with Crippen molar-refractivity contribution in [1.29, 1.82) is 0 Å². The predicted octanol–water partition coefficient (Wildman–Crippen LogP) is 6.04. The van der Waals surface area contributed by atoms with Crippen molar-refractivity contribution in [1.82, 2.24) is 19.9 Å². The van der Waals surface area contributed by atoms with Gasteiger partial charge in [-0.15, -0.1) is 0 Å². The van der Waals surface area contributed by atoms with E-state index in [1.165, 1.54) is 17.2 Å². The molecule has 5 rings (SSSR count). The number of hydrogen-bond acceptors (Lipinski definition) is 3. The Bertz CT molecular complexity index is 1390. The third-order valence-corrected chi connectivity index (χ3v) is 6.69. The van der Waals surface area contributed by atoms with Crippen molar-refractivity contribution in [2.75, 3.05) is 0 Å². The summed E-state index contributed by atoms with van der Waals surface area (Å²) >= 11 is 6.27. The molecule has 168 valence electrons. The summed E-state index contributed by atoms with van der Waals surface area (Å²) in [7, 11) is 0. The largest absolute Gasteiger partial charge is 0.345 e. The van der Waals surface area contributed by atoms with Crippen LogP contribution in [0, 0.1) is 12.7 Å². The van der Waals surface area contributed by atoms with Gasteiger partial charge >= 0.3 is 0 Å². The highest BCUT2D eigenvalue weighted by Crippen LogP contribution is 2.36. The molecule has 0 fully saturated rings. The lowest BCUT2D eigenvalue weighted by Gasteiger charge is -2.18. The van der Waals surface area contributed by atoms with E-state index >= 15 is 0 Å². The lowest BCUT2D eigenvalue weighted by Crippen LogP contribution is -2.29. The van der Waals surface area contributed by atoms with Crippen LogP contribution >= 0.6 is 11.6 Å². The SMILES string of the molecule is Cc1nn2c(C(C)C)c(C(=O)N[C@H]3CCc4ccccc43)cnc2c1-c1cccc(F)c1Cl. The predicted molar refractivity (Wildman–Crippen MR) is 127 cm³/mol. The summed E-state index contributed by atoms with van der Waals surface area (Å²) in [4.78, 5) is 18.0. The molecular weight excluding hydrogens is 439 g/mol. The Morgan fingerprint density at radius 3 is 2.79 bits per heavy atom. The fourth-order valence-corrected chi connectivity index (χ4v) is 5.01. The van der Waals surface area contributed by atoms with Crippen LogP contribution < -0.4 is 5.32 Å². The number of nitrogens with zero attached hydrogens (tertiary/aromatic N) is 3. The zero-order valence-corrected chi connectivity index (χ0v) is 19.4. The third kappa shape index (κ3) is 3.59. The highest BCUT2D eigenvalue weighted by Gasteiger charge is 2.28. The molecular formula is C26H24ClFN4O. The number of carbonyl (C=O) groups is 1. The van der Waals surface area contributed by atoms with E-state index in [9.17, 15) is 9.18 Å². The van der Waals surface area contributed by atoms with Crippen LogP contribution in [0.4, 0.5) is 4.39 Å². The van der Waals surface area contributed by atoms with Gasteiger partial charge < -0.3 is 5.32 Å². The van der Waals surface area contributed by atoms with Crippen molar-refractivity contribution < 1.29 is 9.18 Å². The van der Waals surface area contributed by atoms with Crippen LogP contribution in [0.25, 0.3) is 16.8 Å². The summed E-state index contributed by atoms with van der Waals surface area (Å²) in [5.41, 5.74) is 6.10. The maximum absolute atomic E-state index is 14.1. The molecule has 0 saturated carbocycles. The smallest absolute Gasteiger partial charge is 0.255 e. The lowest BCUT2D eigenvalue weighted by molar-refractivity contribution is 0.0934. The minimum atomic E-state index is -0.496. The average molecular weight is 463 g/mol. The van der Waals surface area contributed by atoms with E-state index in [4.69, 9.17) is 11.6 Å². The minimum Gasteiger partial charge on any atom is -0.345 e. The number of rotatable bonds is 4. The molecule has 0 unspecified atom stereocenters. The van der Waals surface area contributed by atoms with E-state index in [-0.39, 0.29) is 22.9 Å². The fraction of sp³-hybridized carbons (Fsp3) is 0.269. The molecule has 4 aromatic rings. The summed E-state index contributed by atoms with van der Waals surface area (Å²) in [5, 5.41) is 7.91. The number of aryl methyl sites for hydroxylation is 2. The standard InChI is InChI=1S/C26H24ClFN4O/c1-14(2)24-19(26(33)30-21-12-11-16-7-4-5-8-17(16)21)13-29-25-22(15(3)31-32(24)25)18-9-6-10-20(28)23(18)27/h4-10,13-14,21H,11-12H2,1-3H3,(H,30,33)/t21-/m0/s1. The Morgan fingerprint density at radius 2 is 2.00 bits per heavy atom. The van der Waals surface area contributed by atoms with Gasteiger partial charge in [0, 0.05) is 11.8 Å². The van der Waals surface area contributed by atoms with Gasteiger partial charge in [0.15, 0.2) is 5.65 Å². The van der Waals surface area contributed by atoms with Gasteiger partial charge in [-0.25, -0.2) is 13.9 Å². The zero-order chi connectivity index (χ0) is 23.3. The van der Waals surface area contributed by atoms with Gasteiger partial charge in [-0.2, -0.15) is 5.10 Å². The first kappa shape index (κ1) is 21.6. The van der Waals surface area contributed by atoms with E-state index in [0.29, 0.717) is 28.0 Å². The Kier molecular flexibility index (Phi) is 5.41. The molecule has 2 heterocycles. The summed E-state index contributed by atoms with van der Waals surface area (Å²) in [6.45, 7) is 5.87. The lowest BCUT2D eigenvalue weighted by atomic mass is 10.0. The molecule has 0 spiro atoms. The average Bonchev–Trinajstić information content (AvgIpc) is 3.35. The van der Waals surface area contributed by atoms with Crippen LogP contribution in [0.2, 0.25) is 5.02 Å². The summed E-state index contributed by atoms with van der Waals surface area (Å²) in [6, 6.07) is 12.9. The van der Waals surface area contributed by atoms with Crippen molar-refractivity contribution in [3.8, 4) is 11.1 Å². The number of nitrogens with one attached hydrogen (secondary N) is 1. The van der Waals surface area contributed by atoms with Crippen molar-refractivity contribution in [3.05, 3.63) is 87.6 Å². The minimum absolute atomic E-state index is 0.00208. The van der Waals surface area contributed by atoms with E-state index in [2.05, 4.69) is 27.5 Å². The molecule has 1 amide bonds. The van der Waals surface area contributed by atoms with Crippen LogP contribution in [0.3, 0.4) is 0 Å². The number of hydrogen-bond donors (Lipinski definition) is 1. The molecule has 0 saturated heterocycles. The first-order valence-corrected chi connectivity index (χ1v) is 11.5. The topological polar surface area (TPSA) is 59.3 Å². The highest BCUT2D eigenvalue weighted by molar-refractivity contribution is 6.33. The Hall–Kier alpha value is -3.25. The van der Waals surface area contributed by atoms with Gasteiger partial charge in [0.25, 0.3) is 5.91 Å². The van der Waals surface area contributed by atoms with Crippen molar-refractivity contribution in [2.24, 2.45) is 0 Å². The molecule has 0 bridgehead atoms. The van der Waals surface area contributed by atoms with Crippen LogP contribution in [0.5, 0.6) is 0 Å². The van der Waals surface area contributed by atoms with Crippen LogP contribution in [0.15, 0.2) is 48.7 Å². The first-order chi connectivity index (χ1) is 15.9. The normalized spacial score (nSPS) is 15.3. The quantitative estimate of drug-likeness (QED) is 0.402. The van der Waals surface area contributed by atoms with Gasteiger partial charge in [0.2, 0.25) is 0 Å². The number of halogens is 2. The Balaban J connectivity index is 1.59. The maximum Gasteiger partial charge on any atom is 0.255 e. The van der Waals surface area contributed by atoms with Crippen LogP contribution in [-0.4, -0.2) is 20.5 Å². The fourth-order valence-electron chi connectivity index (χ4n) is 4.79. The van der Waals surface area contributed by atoms with E-state index in [1.807, 2.05) is 32.9 Å². The van der Waals surface area contributed by atoms with E-state index < -0.39 is 5.82 Å². The van der Waals surface area contributed by atoms with Gasteiger partial charge in [-0.1, -0.05) is 61.8 Å². The molecule has 1 aliphatic rings. The molecule has 2 aromatic carbocycles. The molecule has 1 N–H and O–H groups in total. The van der Waals surface area contributed by atoms with Crippen molar-refractivity contribution in [3.63, 3.8) is 0 Å². The van der Waals surface area contributed by atoms with Gasteiger partial charge in [-0.05, 0) is 42.9 Å². The Morgan fingerprint density at radius 1 is 1.21 bits per heavy atom. The highest BCUT2D eigenvalue weighted by atomic mass is 35.5. The number of aromatic nitrogens is 3. The monoisotopic (exact) mass is 462 g/mol. The van der Waals surface area contributed by atoms with E-state index in [0.717, 1.165) is 18.5 Å². The summed E-state index contributed by atoms with van der Waals surface area (Å²) in [6.07, 6.45) is 3.42. The van der Waals surface area contributed by atoms with Gasteiger partial charge in [-0.3, -0.25) is 4.79 Å². The summed E-state index contributed by atoms with van der Waals surface area (Å²) in [5.74, 6) is -0.666. The maximum atomic E-state index is 14.1.